The SMILES string of the molecule is CCC(C(=O)OC)n1cc(C)ccc1=O. The van der Waals surface area contributed by atoms with Crippen LogP contribution in [0.25, 0.3) is 0 Å². The Morgan fingerprint density at radius 3 is 2.73 bits per heavy atom. The molecule has 1 atom stereocenters. The van der Waals surface area contributed by atoms with E-state index in [-0.39, 0.29) is 11.5 Å². The molecule has 1 unspecified atom stereocenters. The molecule has 1 aromatic heterocycles. The minimum atomic E-state index is -0.526. The lowest BCUT2D eigenvalue weighted by atomic mass is 10.2. The molecule has 0 aliphatic heterocycles. The van der Waals surface area contributed by atoms with E-state index in [9.17, 15) is 9.59 Å². The number of rotatable bonds is 3. The lowest BCUT2D eigenvalue weighted by molar-refractivity contribution is -0.144. The van der Waals surface area contributed by atoms with Crippen LogP contribution in [0, 0.1) is 6.92 Å². The van der Waals surface area contributed by atoms with Crippen molar-refractivity contribution < 1.29 is 9.53 Å². The molecule has 82 valence electrons. The summed E-state index contributed by atoms with van der Waals surface area (Å²) in [7, 11) is 1.33. The van der Waals surface area contributed by atoms with E-state index in [1.165, 1.54) is 17.7 Å². The van der Waals surface area contributed by atoms with Gasteiger partial charge in [-0.3, -0.25) is 4.79 Å². The third-order valence-electron chi connectivity index (χ3n) is 2.28. The summed E-state index contributed by atoms with van der Waals surface area (Å²) >= 11 is 0. The van der Waals surface area contributed by atoms with Crippen LogP contribution < -0.4 is 5.56 Å². The molecule has 0 spiro atoms. The number of carbonyl (C=O) groups excluding carboxylic acids is 1. The third kappa shape index (κ3) is 2.46. The van der Waals surface area contributed by atoms with Crippen LogP contribution in [-0.2, 0) is 9.53 Å². The number of carbonyl (C=O) groups is 1. The van der Waals surface area contributed by atoms with E-state index >= 15 is 0 Å². The molecule has 0 radical (unpaired) electrons. The lowest BCUT2D eigenvalue weighted by Crippen LogP contribution is -2.29. The fraction of sp³-hybridized carbons (Fsp3) is 0.455. The van der Waals surface area contributed by atoms with Crippen molar-refractivity contribution in [2.45, 2.75) is 26.3 Å². The lowest BCUT2D eigenvalue weighted by Gasteiger charge is -2.15. The van der Waals surface area contributed by atoms with Crippen LogP contribution in [0.15, 0.2) is 23.1 Å². The topological polar surface area (TPSA) is 48.3 Å². The first-order chi connectivity index (χ1) is 7.10. The van der Waals surface area contributed by atoms with Crippen LogP contribution in [0.3, 0.4) is 0 Å². The van der Waals surface area contributed by atoms with Gasteiger partial charge < -0.3 is 9.30 Å². The summed E-state index contributed by atoms with van der Waals surface area (Å²) in [5.74, 6) is -0.384. The monoisotopic (exact) mass is 209 g/mol. The zero-order valence-electron chi connectivity index (χ0n) is 9.19. The van der Waals surface area contributed by atoms with Gasteiger partial charge in [-0.05, 0) is 18.9 Å². The quantitative estimate of drug-likeness (QED) is 0.704. The normalized spacial score (nSPS) is 12.2. The molecule has 0 amide bonds. The Morgan fingerprint density at radius 2 is 2.20 bits per heavy atom. The summed E-state index contributed by atoms with van der Waals surface area (Å²) in [6.45, 7) is 3.72. The number of methoxy groups -OCH3 is 1. The van der Waals surface area contributed by atoms with Crippen LogP contribution in [0.5, 0.6) is 0 Å². The standard InChI is InChI=1S/C11H15NO3/c1-4-9(11(14)15-3)12-7-8(2)5-6-10(12)13/h5-7,9H,4H2,1-3H3. The van der Waals surface area contributed by atoms with Gasteiger partial charge in [0.15, 0.2) is 0 Å². The van der Waals surface area contributed by atoms with Gasteiger partial charge in [-0.2, -0.15) is 0 Å². The van der Waals surface area contributed by atoms with Crippen molar-refractivity contribution in [2.75, 3.05) is 7.11 Å². The maximum Gasteiger partial charge on any atom is 0.328 e. The van der Waals surface area contributed by atoms with Gasteiger partial charge in [0.05, 0.1) is 7.11 Å². The second-order valence-corrected chi connectivity index (χ2v) is 3.40. The Morgan fingerprint density at radius 1 is 1.53 bits per heavy atom. The zero-order chi connectivity index (χ0) is 11.4. The van der Waals surface area contributed by atoms with Crippen LogP contribution in [0.4, 0.5) is 0 Å². The predicted molar refractivity (Wildman–Crippen MR) is 56.8 cm³/mol. The highest BCUT2D eigenvalue weighted by molar-refractivity contribution is 5.73. The average Bonchev–Trinajstić information content (AvgIpc) is 2.23. The van der Waals surface area contributed by atoms with Crippen molar-refractivity contribution in [2.24, 2.45) is 0 Å². The van der Waals surface area contributed by atoms with Crippen molar-refractivity contribution in [1.82, 2.24) is 4.57 Å². The Kier molecular flexibility index (Phi) is 3.66. The molecule has 0 aliphatic rings. The van der Waals surface area contributed by atoms with Crippen molar-refractivity contribution >= 4 is 5.97 Å². The predicted octanol–water partition coefficient (Wildman–Crippen LogP) is 1.28. The molecule has 4 heteroatoms. The van der Waals surface area contributed by atoms with Crippen LogP contribution in [-0.4, -0.2) is 17.6 Å². The minimum Gasteiger partial charge on any atom is -0.467 e. The van der Waals surface area contributed by atoms with E-state index < -0.39 is 6.04 Å². The van der Waals surface area contributed by atoms with E-state index in [0.29, 0.717) is 6.42 Å². The molecule has 0 saturated heterocycles. The van der Waals surface area contributed by atoms with Gasteiger partial charge in [0, 0.05) is 12.3 Å². The summed E-state index contributed by atoms with van der Waals surface area (Å²) in [6, 6.07) is 2.66. The third-order valence-corrected chi connectivity index (χ3v) is 2.28. The van der Waals surface area contributed by atoms with Crippen LogP contribution in [0.2, 0.25) is 0 Å². The Bertz CT molecular complexity index is 409. The Balaban J connectivity index is 3.17. The minimum absolute atomic E-state index is 0.183. The molecule has 1 heterocycles. The first kappa shape index (κ1) is 11.5. The first-order valence-electron chi connectivity index (χ1n) is 4.86. The first-order valence-corrected chi connectivity index (χ1v) is 4.86. The van der Waals surface area contributed by atoms with Gasteiger partial charge in [-0.25, -0.2) is 4.79 Å². The molecule has 15 heavy (non-hydrogen) atoms. The summed E-state index contributed by atoms with van der Waals surface area (Å²) < 4.78 is 6.07. The summed E-state index contributed by atoms with van der Waals surface area (Å²) in [4.78, 5) is 23.0. The molecule has 0 saturated carbocycles. The number of ether oxygens (including phenoxy) is 1. The van der Waals surface area contributed by atoms with Crippen LogP contribution >= 0.6 is 0 Å². The van der Waals surface area contributed by atoms with Crippen LogP contribution in [0.1, 0.15) is 24.9 Å². The highest BCUT2D eigenvalue weighted by Gasteiger charge is 2.19. The number of esters is 1. The fourth-order valence-corrected chi connectivity index (χ4v) is 1.47. The maximum atomic E-state index is 11.5. The Labute approximate surface area is 88.5 Å². The molecule has 1 aromatic rings. The largest absolute Gasteiger partial charge is 0.467 e. The Hall–Kier alpha value is -1.58. The molecule has 0 aliphatic carbocycles. The molecule has 0 N–H and O–H groups in total. The van der Waals surface area contributed by atoms with E-state index in [1.807, 2.05) is 13.8 Å². The number of hydrogen-bond acceptors (Lipinski definition) is 3. The fourth-order valence-electron chi connectivity index (χ4n) is 1.47. The molecule has 0 fully saturated rings. The number of hydrogen-bond donors (Lipinski definition) is 0. The van der Waals surface area contributed by atoms with E-state index in [1.54, 1.807) is 12.3 Å². The second-order valence-electron chi connectivity index (χ2n) is 3.40. The molecule has 0 bridgehead atoms. The molecular formula is C11H15NO3. The van der Waals surface area contributed by atoms with E-state index in [2.05, 4.69) is 4.74 Å². The molecule has 4 nitrogen and oxygen atoms in total. The summed E-state index contributed by atoms with van der Waals surface area (Å²) in [6.07, 6.45) is 2.21. The van der Waals surface area contributed by atoms with Crippen molar-refractivity contribution in [3.05, 3.63) is 34.2 Å². The highest BCUT2D eigenvalue weighted by atomic mass is 16.5. The number of aryl methyl sites for hydroxylation is 1. The van der Waals surface area contributed by atoms with Gasteiger partial charge in [-0.1, -0.05) is 13.0 Å². The molecular weight excluding hydrogens is 194 g/mol. The van der Waals surface area contributed by atoms with E-state index in [0.717, 1.165) is 5.56 Å². The van der Waals surface area contributed by atoms with Gasteiger partial charge in [0.2, 0.25) is 0 Å². The number of nitrogens with zero attached hydrogens (tertiary/aromatic N) is 1. The van der Waals surface area contributed by atoms with Gasteiger partial charge in [-0.15, -0.1) is 0 Å². The number of aromatic nitrogens is 1. The zero-order valence-corrected chi connectivity index (χ0v) is 9.19. The van der Waals surface area contributed by atoms with Gasteiger partial charge >= 0.3 is 5.97 Å². The number of pyridine rings is 1. The van der Waals surface area contributed by atoms with Crippen molar-refractivity contribution in [3.63, 3.8) is 0 Å². The van der Waals surface area contributed by atoms with Gasteiger partial charge in [0.25, 0.3) is 5.56 Å². The smallest absolute Gasteiger partial charge is 0.328 e. The van der Waals surface area contributed by atoms with Crippen molar-refractivity contribution in [1.29, 1.82) is 0 Å². The highest BCUT2D eigenvalue weighted by Crippen LogP contribution is 2.11. The molecule has 1 rings (SSSR count). The molecule has 0 aromatic carbocycles. The summed E-state index contributed by atoms with van der Waals surface area (Å²) in [5, 5.41) is 0. The van der Waals surface area contributed by atoms with E-state index in [4.69, 9.17) is 0 Å². The van der Waals surface area contributed by atoms with Gasteiger partial charge in [0.1, 0.15) is 6.04 Å². The second kappa shape index (κ2) is 4.77. The average molecular weight is 209 g/mol. The summed E-state index contributed by atoms with van der Waals surface area (Å²) in [5.41, 5.74) is 0.759. The van der Waals surface area contributed by atoms with Crippen molar-refractivity contribution in [3.8, 4) is 0 Å². The maximum absolute atomic E-state index is 11.5.